The molecule has 0 aliphatic carbocycles. The molecule has 13 heavy (non-hydrogen) atoms. The lowest BCUT2D eigenvalue weighted by atomic mass is 10.3. The summed E-state index contributed by atoms with van der Waals surface area (Å²) in [7, 11) is -3.63. The molecule has 0 spiro atoms. The molecule has 1 rings (SSSR count). The number of allylic oxidation sites excluding steroid dienone is 1. The number of rotatable bonds is 1. The van der Waals surface area contributed by atoms with Gasteiger partial charge in [-0.2, -0.15) is 0 Å². The Hall–Kier alpha value is -1.14. The zero-order valence-corrected chi connectivity index (χ0v) is 7.79. The smallest absolute Gasteiger partial charge is 0.237 e. The van der Waals surface area contributed by atoms with Crippen molar-refractivity contribution < 1.29 is 8.42 Å². The number of nitrogens with two attached hydrogens (primary N) is 2. The van der Waals surface area contributed by atoms with Gasteiger partial charge in [0, 0.05) is 6.54 Å². The van der Waals surface area contributed by atoms with E-state index < -0.39 is 10.0 Å². The van der Waals surface area contributed by atoms with Crippen molar-refractivity contribution in [3.8, 4) is 0 Å². The maximum absolute atomic E-state index is 10.9. The summed E-state index contributed by atoms with van der Waals surface area (Å²) < 4.78 is 21.9. The van der Waals surface area contributed by atoms with Crippen LogP contribution in [-0.2, 0) is 10.0 Å². The molecular formula is C7H11N3O2S. The lowest BCUT2D eigenvalue weighted by molar-refractivity contribution is 0.604. The molecule has 0 atom stereocenters. The third kappa shape index (κ3) is 3.00. The van der Waals surface area contributed by atoms with E-state index in [2.05, 4.69) is 4.99 Å². The van der Waals surface area contributed by atoms with Crippen molar-refractivity contribution >= 4 is 15.9 Å². The van der Waals surface area contributed by atoms with E-state index in [1.165, 1.54) is 18.2 Å². The molecule has 4 N–H and O–H groups in total. The summed E-state index contributed by atoms with van der Waals surface area (Å²) >= 11 is 0. The molecule has 72 valence electrons. The fraction of sp³-hybridized carbons (Fsp3) is 0.286. The van der Waals surface area contributed by atoms with Crippen LogP contribution in [0.3, 0.4) is 0 Å². The van der Waals surface area contributed by atoms with Gasteiger partial charge in [0.15, 0.2) is 0 Å². The largest absolute Gasteiger partial charge is 0.384 e. The second-order valence-electron chi connectivity index (χ2n) is 2.58. The van der Waals surface area contributed by atoms with Gasteiger partial charge in [0.05, 0.1) is 4.91 Å². The topological polar surface area (TPSA) is 98.5 Å². The van der Waals surface area contributed by atoms with Gasteiger partial charge in [0.1, 0.15) is 5.84 Å². The van der Waals surface area contributed by atoms with E-state index in [4.69, 9.17) is 10.9 Å². The standard InChI is InChI=1S/C7H11N3O2S/c8-7-4-3-6(13(9,11)12)2-1-5-10-7/h2-4H,1,5H2,(H2,8,10)(H2,9,11,12). The highest BCUT2D eigenvalue weighted by Gasteiger charge is 2.08. The number of primary sulfonamides is 1. The summed E-state index contributed by atoms with van der Waals surface area (Å²) in [5.41, 5.74) is 5.41. The zero-order chi connectivity index (χ0) is 9.90. The summed E-state index contributed by atoms with van der Waals surface area (Å²) in [5.74, 6) is 0.314. The first kappa shape index (κ1) is 9.94. The minimum absolute atomic E-state index is 0.0883. The van der Waals surface area contributed by atoms with Crippen molar-refractivity contribution in [3.63, 3.8) is 0 Å². The lowest BCUT2D eigenvalue weighted by Crippen LogP contribution is -2.16. The third-order valence-electron chi connectivity index (χ3n) is 1.52. The molecular weight excluding hydrogens is 190 g/mol. The zero-order valence-electron chi connectivity index (χ0n) is 6.97. The van der Waals surface area contributed by atoms with E-state index in [9.17, 15) is 8.42 Å². The predicted octanol–water partition coefficient (Wildman–Crippen LogP) is -0.524. The molecule has 0 amide bonds. The first-order valence-corrected chi connectivity index (χ1v) is 5.26. The Bertz CT molecular complexity index is 379. The van der Waals surface area contributed by atoms with Crippen molar-refractivity contribution in [1.82, 2.24) is 0 Å². The summed E-state index contributed by atoms with van der Waals surface area (Å²) in [6.07, 6.45) is 4.83. The van der Waals surface area contributed by atoms with Gasteiger partial charge in [-0.1, -0.05) is 6.08 Å². The fourth-order valence-corrected chi connectivity index (χ4v) is 1.51. The highest BCUT2D eigenvalue weighted by molar-refractivity contribution is 7.93. The average molecular weight is 201 g/mol. The second-order valence-corrected chi connectivity index (χ2v) is 4.14. The maximum atomic E-state index is 10.9. The number of amidine groups is 1. The molecule has 0 aromatic heterocycles. The van der Waals surface area contributed by atoms with Gasteiger partial charge in [0.2, 0.25) is 10.0 Å². The van der Waals surface area contributed by atoms with Gasteiger partial charge in [-0.15, -0.1) is 0 Å². The van der Waals surface area contributed by atoms with Crippen LogP contribution in [0.4, 0.5) is 0 Å². The number of sulfonamides is 1. The highest BCUT2D eigenvalue weighted by atomic mass is 32.2. The molecule has 1 aliphatic heterocycles. The van der Waals surface area contributed by atoms with Crippen LogP contribution in [0, 0.1) is 0 Å². The van der Waals surface area contributed by atoms with Crippen LogP contribution < -0.4 is 10.9 Å². The van der Waals surface area contributed by atoms with E-state index in [0.717, 1.165) is 0 Å². The molecule has 1 heterocycles. The van der Waals surface area contributed by atoms with Gasteiger partial charge in [-0.25, -0.2) is 13.6 Å². The minimum atomic E-state index is -3.63. The Morgan fingerprint density at radius 3 is 2.69 bits per heavy atom. The quantitative estimate of drug-likeness (QED) is 0.597. The minimum Gasteiger partial charge on any atom is -0.384 e. The SMILES string of the molecule is NC1=NCCC=C(S(N)(=O)=O)C=C1. The van der Waals surface area contributed by atoms with E-state index in [0.29, 0.717) is 18.8 Å². The van der Waals surface area contributed by atoms with Crippen LogP contribution in [0.15, 0.2) is 28.1 Å². The molecule has 1 aliphatic rings. The monoisotopic (exact) mass is 201 g/mol. The molecule has 0 unspecified atom stereocenters. The van der Waals surface area contributed by atoms with Crippen LogP contribution in [-0.4, -0.2) is 20.8 Å². The van der Waals surface area contributed by atoms with Crippen molar-refractivity contribution in [1.29, 1.82) is 0 Å². The average Bonchev–Trinajstić information content (AvgIpc) is 1.94. The molecule has 0 aromatic rings. The predicted molar refractivity (Wildman–Crippen MR) is 51.4 cm³/mol. The number of aliphatic imine (C=N–C) groups is 1. The van der Waals surface area contributed by atoms with Gasteiger partial charge < -0.3 is 5.73 Å². The van der Waals surface area contributed by atoms with Gasteiger partial charge >= 0.3 is 0 Å². The van der Waals surface area contributed by atoms with Crippen LogP contribution in [0.1, 0.15) is 6.42 Å². The Balaban J connectivity index is 3.01. The first-order valence-electron chi connectivity index (χ1n) is 3.71. The molecule has 6 heteroatoms. The van der Waals surface area contributed by atoms with Gasteiger partial charge in [-0.05, 0) is 18.6 Å². The Labute approximate surface area is 76.9 Å². The van der Waals surface area contributed by atoms with E-state index in [1.807, 2.05) is 0 Å². The van der Waals surface area contributed by atoms with E-state index >= 15 is 0 Å². The Morgan fingerprint density at radius 1 is 1.38 bits per heavy atom. The summed E-state index contributed by atoms with van der Waals surface area (Å²) in [6.45, 7) is 0.481. The maximum Gasteiger partial charge on any atom is 0.237 e. The third-order valence-corrected chi connectivity index (χ3v) is 2.48. The van der Waals surface area contributed by atoms with Crippen LogP contribution in [0.2, 0.25) is 0 Å². The molecule has 5 nitrogen and oxygen atoms in total. The summed E-state index contributed by atoms with van der Waals surface area (Å²) in [6, 6.07) is 0. The van der Waals surface area contributed by atoms with Gasteiger partial charge in [0.25, 0.3) is 0 Å². The number of hydrogen-bond acceptors (Lipinski definition) is 4. The lowest BCUT2D eigenvalue weighted by Gasteiger charge is -2.02. The molecule has 0 bridgehead atoms. The van der Waals surface area contributed by atoms with E-state index in [1.54, 1.807) is 0 Å². The molecule has 0 radical (unpaired) electrons. The summed E-state index contributed by atoms with van der Waals surface area (Å²) in [5, 5.41) is 4.95. The normalized spacial score (nSPS) is 18.5. The number of nitrogens with zero attached hydrogens (tertiary/aromatic N) is 1. The summed E-state index contributed by atoms with van der Waals surface area (Å²) in [4.78, 5) is 4.02. The van der Waals surface area contributed by atoms with Crippen molar-refractivity contribution in [2.24, 2.45) is 15.9 Å². The molecule has 0 saturated carbocycles. The second kappa shape index (κ2) is 3.71. The Kier molecular flexibility index (Phi) is 2.84. The van der Waals surface area contributed by atoms with Gasteiger partial charge in [-0.3, -0.25) is 4.99 Å². The van der Waals surface area contributed by atoms with Crippen LogP contribution >= 0.6 is 0 Å². The van der Waals surface area contributed by atoms with Crippen LogP contribution in [0.25, 0.3) is 0 Å². The van der Waals surface area contributed by atoms with E-state index in [-0.39, 0.29) is 4.91 Å². The first-order chi connectivity index (χ1) is 6.00. The molecule has 0 fully saturated rings. The number of hydrogen-bond donors (Lipinski definition) is 2. The van der Waals surface area contributed by atoms with Crippen molar-refractivity contribution in [3.05, 3.63) is 23.1 Å². The molecule has 0 saturated heterocycles. The van der Waals surface area contributed by atoms with Crippen LogP contribution in [0.5, 0.6) is 0 Å². The van der Waals surface area contributed by atoms with Crippen molar-refractivity contribution in [2.45, 2.75) is 6.42 Å². The fourth-order valence-electron chi connectivity index (χ4n) is 0.900. The molecule has 0 aromatic carbocycles. The Morgan fingerprint density at radius 2 is 2.08 bits per heavy atom. The van der Waals surface area contributed by atoms with Crippen molar-refractivity contribution in [2.75, 3.05) is 6.54 Å². The highest BCUT2D eigenvalue weighted by Crippen LogP contribution is 2.07.